The van der Waals surface area contributed by atoms with E-state index in [0.29, 0.717) is 12.4 Å². The standard InChI is InChI=1S/C19H20N4/c20-19(22-12-13-4-3-9-21-11-13)14-7-8-18-16(10-14)15-5-1-2-6-17(15)23-18/h3-4,7-11,23H,1-2,5-6,12H2,(H2,20,22). The van der Waals surface area contributed by atoms with E-state index >= 15 is 0 Å². The summed E-state index contributed by atoms with van der Waals surface area (Å²) in [6.07, 6.45) is 8.42. The molecule has 0 fully saturated rings. The number of nitrogens with zero attached hydrogens (tertiary/aromatic N) is 1. The van der Waals surface area contributed by atoms with E-state index < -0.39 is 0 Å². The van der Waals surface area contributed by atoms with Crippen LogP contribution in [-0.2, 0) is 19.4 Å². The van der Waals surface area contributed by atoms with Gasteiger partial charge in [0.1, 0.15) is 5.84 Å². The molecule has 0 unspecified atom stereocenters. The van der Waals surface area contributed by atoms with E-state index in [1.165, 1.54) is 35.0 Å². The first-order valence-corrected chi connectivity index (χ1v) is 8.16. The molecule has 0 atom stereocenters. The van der Waals surface area contributed by atoms with E-state index in [2.05, 4.69) is 27.4 Å². The number of aryl methyl sites for hydroxylation is 2. The van der Waals surface area contributed by atoms with Gasteiger partial charge in [0, 0.05) is 41.1 Å². The first-order valence-electron chi connectivity index (χ1n) is 8.16. The second kappa shape index (κ2) is 5.88. The Morgan fingerprint density at radius 3 is 3.00 bits per heavy atom. The van der Waals surface area contributed by atoms with Crippen molar-refractivity contribution in [2.75, 3.05) is 0 Å². The van der Waals surface area contributed by atoms with Crippen LogP contribution in [0.25, 0.3) is 10.9 Å². The van der Waals surface area contributed by atoms with E-state index in [4.69, 9.17) is 5.41 Å². The van der Waals surface area contributed by atoms with E-state index in [9.17, 15) is 0 Å². The van der Waals surface area contributed by atoms with Crippen LogP contribution in [0, 0.1) is 5.41 Å². The molecule has 1 aliphatic rings. The van der Waals surface area contributed by atoms with Gasteiger partial charge in [-0.05, 0) is 61.1 Å². The van der Waals surface area contributed by atoms with Crippen molar-refractivity contribution in [2.24, 2.45) is 0 Å². The molecule has 0 saturated heterocycles. The predicted molar refractivity (Wildman–Crippen MR) is 92.8 cm³/mol. The molecule has 2 heterocycles. The molecular formula is C19H20N4. The van der Waals surface area contributed by atoms with Crippen molar-refractivity contribution in [1.29, 1.82) is 5.41 Å². The molecule has 1 aliphatic carbocycles. The fourth-order valence-corrected chi connectivity index (χ4v) is 3.36. The summed E-state index contributed by atoms with van der Waals surface area (Å²) in [6, 6.07) is 10.2. The average Bonchev–Trinajstić information content (AvgIpc) is 2.98. The van der Waals surface area contributed by atoms with Crippen LogP contribution in [0.2, 0.25) is 0 Å². The zero-order chi connectivity index (χ0) is 15.6. The summed E-state index contributed by atoms with van der Waals surface area (Å²) in [5, 5.41) is 12.8. The van der Waals surface area contributed by atoms with Gasteiger partial charge >= 0.3 is 0 Å². The Morgan fingerprint density at radius 1 is 1.22 bits per heavy atom. The smallest absolute Gasteiger partial charge is 0.125 e. The maximum Gasteiger partial charge on any atom is 0.125 e. The van der Waals surface area contributed by atoms with Gasteiger partial charge in [0.15, 0.2) is 0 Å². The fourth-order valence-electron chi connectivity index (χ4n) is 3.36. The fraction of sp³-hybridized carbons (Fsp3) is 0.263. The van der Waals surface area contributed by atoms with Crippen molar-refractivity contribution in [3.8, 4) is 0 Å². The Hall–Kier alpha value is -2.62. The summed E-state index contributed by atoms with van der Waals surface area (Å²) < 4.78 is 0. The Bertz CT molecular complexity index is 848. The molecule has 1 aromatic carbocycles. The zero-order valence-electron chi connectivity index (χ0n) is 13.0. The highest BCUT2D eigenvalue weighted by Gasteiger charge is 2.16. The molecular weight excluding hydrogens is 284 g/mol. The van der Waals surface area contributed by atoms with Gasteiger partial charge in [-0.15, -0.1) is 0 Å². The number of H-pyrrole nitrogens is 1. The number of hydrogen-bond donors (Lipinski definition) is 3. The molecule has 4 rings (SSSR count). The van der Waals surface area contributed by atoms with Crippen LogP contribution in [0.1, 0.15) is 35.2 Å². The first-order chi connectivity index (χ1) is 11.3. The van der Waals surface area contributed by atoms with E-state index in [-0.39, 0.29) is 0 Å². The van der Waals surface area contributed by atoms with Crippen LogP contribution in [0.5, 0.6) is 0 Å². The lowest BCUT2D eigenvalue weighted by Crippen LogP contribution is -2.22. The van der Waals surface area contributed by atoms with E-state index in [0.717, 1.165) is 24.0 Å². The summed E-state index contributed by atoms with van der Waals surface area (Å²) >= 11 is 0. The highest BCUT2D eigenvalue weighted by atomic mass is 14.9. The second-order valence-electron chi connectivity index (χ2n) is 6.14. The summed E-state index contributed by atoms with van der Waals surface area (Å²) in [4.78, 5) is 7.64. The maximum absolute atomic E-state index is 8.31. The number of pyridine rings is 1. The summed E-state index contributed by atoms with van der Waals surface area (Å²) in [5.41, 5.74) is 6.05. The molecule has 2 aromatic heterocycles. The van der Waals surface area contributed by atoms with Gasteiger partial charge in [-0.3, -0.25) is 10.4 Å². The van der Waals surface area contributed by atoms with Crippen LogP contribution < -0.4 is 5.32 Å². The molecule has 3 N–H and O–H groups in total. The summed E-state index contributed by atoms with van der Waals surface area (Å²) in [7, 11) is 0. The molecule has 0 spiro atoms. The van der Waals surface area contributed by atoms with Crippen molar-refractivity contribution >= 4 is 16.7 Å². The third kappa shape index (κ3) is 2.72. The number of benzene rings is 1. The molecule has 4 heteroatoms. The normalized spacial score (nSPS) is 13.7. The Labute approximate surface area is 135 Å². The molecule has 0 radical (unpaired) electrons. The number of aromatic nitrogens is 2. The van der Waals surface area contributed by atoms with Crippen LogP contribution >= 0.6 is 0 Å². The Morgan fingerprint density at radius 2 is 2.13 bits per heavy atom. The van der Waals surface area contributed by atoms with Crippen LogP contribution in [-0.4, -0.2) is 15.8 Å². The van der Waals surface area contributed by atoms with Gasteiger partial charge in [-0.2, -0.15) is 0 Å². The van der Waals surface area contributed by atoms with Gasteiger partial charge in [-0.1, -0.05) is 6.07 Å². The molecule has 0 bridgehead atoms. The minimum Gasteiger partial charge on any atom is -0.366 e. The molecule has 0 saturated carbocycles. The van der Waals surface area contributed by atoms with Gasteiger partial charge in [0.25, 0.3) is 0 Å². The minimum absolute atomic E-state index is 0.460. The van der Waals surface area contributed by atoms with Crippen molar-refractivity contribution < 1.29 is 0 Å². The molecule has 0 aliphatic heterocycles. The van der Waals surface area contributed by atoms with Crippen molar-refractivity contribution in [2.45, 2.75) is 32.2 Å². The van der Waals surface area contributed by atoms with Crippen LogP contribution in [0.15, 0.2) is 42.7 Å². The number of nitrogens with one attached hydrogen (secondary N) is 3. The largest absolute Gasteiger partial charge is 0.366 e. The lowest BCUT2D eigenvalue weighted by molar-refractivity contribution is 0.680. The van der Waals surface area contributed by atoms with E-state index in [1.54, 1.807) is 6.20 Å². The first kappa shape index (κ1) is 14.0. The molecule has 0 amide bonds. The van der Waals surface area contributed by atoms with Crippen molar-refractivity contribution in [3.05, 3.63) is 65.1 Å². The number of rotatable bonds is 3. The number of hydrogen-bond acceptors (Lipinski definition) is 2. The highest BCUT2D eigenvalue weighted by molar-refractivity contribution is 6.00. The zero-order valence-corrected chi connectivity index (χ0v) is 13.0. The maximum atomic E-state index is 8.31. The highest BCUT2D eigenvalue weighted by Crippen LogP contribution is 2.29. The monoisotopic (exact) mass is 304 g/mol. The molecule has 4 nitrogen and oxygen atoms in total. The second-order valence-corrected chi connectivity index (χ2v) is 6.14. The van der Waals surface area contributed by atoms with Crippen LogP contribution in [0.3, 0.4) is 0 Å². The molecule has 23 heavy (non-hydrogen) atoms. The summed E-state index contributed by atoms with van der Waals surface area (Å²) in [5.74, 6) is 0.460. The third-order valence-corrected chi connectivity index (χ3v) is 4.58. The number of aromatic amines is 1. The topological polar surface area (TPSA) is 64.6 Å². The number of amidine groups is 1. The Balaban J connectivity index is 1.57. The van der Waals surface area contributed by atoms with Gasteiger partial charge < -0.3 is 10.3 Å². The lowest BCUT2D eigenvalue weighted by atomic mass is 9.95. The van der Waals surface area contributed by atoms with Gasteiger partial charge in [-0.25, -0.2) is 0 Å². The summed E-state index contributed by atoms with van der Waals surface area (Å²) in [6.45, 7) is 0.621. The lowest BCUT2D eigenvalue weighted by Gasteiger charge is -2.11. The van der Waals surface area contributed by atoms with Crippen molar-refractivity contribution in [3.63, 3.8) is 0 Å². The SMILES string of the molecule is N=C(NCc1cccnc1)c1ccc2[nH]c3c(c2c1)CCCC3. The minimum atomic E-state index is 0.460. The van der Waals surface area contributed by atoms with E-state index in [1.807, 2.05) is 24.4 Å². The van der Waals surface area contributed by atoms with Crippen LogP contribution in [0.4, 0.5) is 0 Å². The molecule has 3 aromatic rings. The predicted octanol–water partition coefficient (Wildman–Crippen LogP) is 3.56. The quantitative estimate of drug-likeness (QED) is 0.512. The van der Waals surface area contributed by atoms with Crippen molar-refractivity contribution in [1.82, 2.24) is 15.3 Å². The Kier molecular flexibility index (Phi) is 3.58. The van der Waals surface area contributed by atoms with Gasteiger partial charge in [0.2, 0.25) is 0 Å². The third-order valence-electron chi connectivity index (χ3n) is 4.58. The molecule has 116 valence electrons. The number of fused-ring (bicyclic) bond motifs is 3. The average molecular weight is 304 g/mol. The van der Waals surface area contributed by atoms with Gasteiger partial charge in [0.05, 0.1) is 0 Å².